The molecular weight excluding hydrogens is 142 g/mol. The first kappa shape index (κ1) is 7.47. The number of benzene rings is 1. The molecule has 1 rings (SSSR count). The highest BCUT2D eigenvalue weighted by Gasteiger charge is 1.98. The minimum Gasteiger partial charge on any atom is -0.507 e. The summed E-state index contributed by atoms with van der Waals surface area (Å²) in [6, 6.07) is 4.46. The van der Waals surface area contributed by atoms with Gasteiger partial charge in [-0.15, -0.1) is 0 Å². The monoisotopic (exact) mass is 149 g/mol. The van der Waals surface area contributed by atoms with Crippen LogP contribution in [-0.4, -0.2) is 18.1 Å². The van der Waals surface area contributed by atoms with Crippen molar-refractivity contribution in [2.75, 3.05) is 0 Å². The maximum absolute atomic E-state index is 10.3. The van der Waals surface area contributed by atoms with Crippen LogP contribution < -0.4 is 0 Å². The van der Waals surface area contributed by atoms with Gasteiger partial charge in [0.05, 0.1) is 11.3 Å². The lowest BCUT2D eigenvalue weighted by Crippen LogP contribution is -1.79. The molecule has 0 unspecified atom stereocenters. The molecule has 1 aromatic carbocycles. The molecule has 0 aliphatic carbocycles. The molecule has 0 saturated heterocycles. The van der Waals surface area contributed by atoms with Crippen molar-refractivity contribution in [3.63, 3.8) is 0 Å². The maximum atomic E-state index is 10.3. The molecular formula is C8H7NO2. The third kappa shape index (κ3) is 1.43. The second-order valence-corrected chi connectivity index (χ2v) is 2.02. The van der Waals surface area contributed by atoms with E-state index >= 15 is 0 Å². The van der Waals surface area contributed by atoms with Crippen LogP contribution in [0.5, 0.6) is 5.75 Å². The molecule has 0 heterocycles. The average molecular weight is 149 g/mol. The zero-order valence-electron chi connectivity index (χ0n) is 5.82. The van der Waals surface area contributed by atoms with E-state index in [-0.39, 0.29) is 11.3 Å². The van der Waals surface area contributed by atoms with E-state index in [9.17, 15) is 4.79 Å². The van der Waals surface area contributed by atoms with Gasteiger partial charge in [0.25, 0.3) is 0 Å². The fourth-order valence-electron chi connectivity index (χ4n) is 0.735. The fourth-order valence-corrected chi connectivity index (χ4v) is 0.735. The number of aliphatic imine (C=N–C) groups is 1. The summed E-state index contributed by atoms with van der Waals surface area (Å²) in [6.45, 7) is 3.29. The van der Waals surface area contributed by atoms with Crippen molar-refractivity contribution in [3.8, 4) is 5.75 Å². The third-order valence-electron chi connectivity index (χ3n) is 1.32. The van der Waals surface area contributed by atoms with Crippen LogP contribution in [0.3, 0.4) is 0 Å². The molecule has 0 aliphatic rings. The van der Waals surface area contributed by atoms with Gasteiger partial charge in [0, 0.05) is 0 Å². The molecule has 3 heteroatoms. The van der Waals surface area contributed by atoms with E-state index in [4.69, 9.17) is 5.11 Å². The Morgan fingerprint density at radius 3 is 2.82 bits per heavy atom. The number of hydrogen-bond acceptors (Lipinski definition) is 3. The van der Waals surface area contributed by atoms with E-state index in [1.807, 2.05) is 0 Å². The zero-order valence-corrected chi connectivity index (χ0v) is 5.82. The van der Waals surface area contributed by atoms with Crippen LogP contribution >= 0.6 is 0 Å². The lowest BCUT2D eigenvalue weighted by atomic mass is 10.2. The summed E-state index contributed by atoms with van der Waals surface area (Å²) in [6.07, 6.45) is 0.573. The van der Waals surface area contributed by atoms with Crippen LogP contribution in [0.25, 0.3) is 0 Å². The molecule has 0 aliphatic heterocycles. The zero-order chi connectivity index (χ0) is 8.27. The number of phenolic OH excluding ortho intramolecular Hbond substituents is 1. The lowest BCUT2D eigenvalue weighted by Gasteiger charge is -1.96. The second-order valence-electron chi connectivity index (χ2n) is 2.02. The first-order chi connectivity index (χ1) is 5.27. The molecule has 0 atom stereocenters. The van der Waals surface area contributed by atoms with Gasteiger partial charge >= 0.3 is 0 Å². The number of hydrogen-bond donors (Lipinski definition) is 1. The summed E-state index contributed by atoms with van der Waals surface area (Å²) in [7, 11) is 0. The molecule has 0 aromatic heterocycles. The Kier molecular flexibility index (Phi) is 2.01. The molecule has 0 radical (unpaired) electrons. The van der Waals surface area contributed by atoms with Crippen molar-refractivity contribution >= 4 is 18.7 Å². The van der Waals surface area contributed by atoms with Crippen LogP contribution in [0.4, 0.5) is 5.69 Å². The molecule has 0 saturated carbocycles. The SMILES string of the molecule is C=Nc1ccc(O)c(C=O)c1. The largest absolute Gasteiger partial charge is 0.507 e. The number of carbonyl (C=O) groups excluding carboxylic acids is 1. The van der Waals surface area contributed by atoms with Gasteiger partial charge in [0.2, 0.25) is 0 Å². The van der Waals surface area contributed by atoms with Gasteiger partial charge < -0.3 is 5.11 Å². The Labute approximate surface area is 64.0 Å². The Morgan fingerprint density at radius 2 is 2.27 bits per heavy atom. The molecule has 0 spiro atoms. The van der Waals surface area contributed by atoms with Gasteiger partial charge in [0.1, 0.15) is 5.75 Å². The van der Waals surface area contributed by atoms with Gasteiger partial charge in [-0.25, -0.2) is 0 Å². The van der Waals surface area contributed by atoms with Gasteiger partial charge in [-0.2, -0.15) is 0 Å². The van der Waals surface area contributed by atoms with Crippen molar-refractivity contribution in [2.45, 2.75) is 0 Å². The highest BCUT2D eigenvalue weighted by atomic mass is 16.3. The molecule has 3 nitrogen and oxygen atoms in total. The first-order valence-corrected chi connectivity index (χ1v) is 3.03. The minimum atomic E-state index is -0.0348. The Hall–Kier alpha value is -1.64. The smallest absolute Gasteiger partial charge is 0.153 e. The molecule has 0 bridgehead atoms. The summed E-state index contributed by atoms with van der Waals surface area (Å²) in [5.74, 6) is -0.0348. The van der Waals surface area contributed by atoms with Gasteiger partial charge in [-0.05, 0) is 24.9 Å². The molecule has 11 heavy (non-hydrogen) atoms. The van der Waals surface area contributed by atoms with Crippen LogP contribution in [-0.2, 0) is 0 Å². The maximum Gasteiger partial charge on any atom is 0.153 e. The summed E-state index contributed by atoms with van der Waals surface area (Å²) >= 11 is 0. The second kappa shape index (κ2) is 2.96. The molecule has 1 N–H and O–H groups in total. The minimum absolute atomic E-state index is 0.0348. The van der Waals surface area contributed by atoms with Gasteiger partial charge in [-0.1, -0.05) is 0 Å². The number of aromatic hydroxyl groups is 1. The average Bonchev–Trinajstić information content (AvgIpc) is 2.05. The first-order valence-electron chi connectivity index (χ1n) is 3.03. The van der Waals surface area contributed by atoms with Crippen LogP contribution in [0, 0.1) is 0 Å². The van der Waals surface area contributed by atoms with E-state index in [1.54, 1.807) is 6.07 Å². The number of nitrogens with zero attached hydrogens (tertiary/aromatic N) is 1. The number of phenols is 1. The number of carbonyl (C=O) groups is 1. The topological polar surface area (TPSA) is 49.7 Å². The third-order valence-corrected chi connectivity index (χ3v) is 1.32. The van der Waals surface area contributed by atoms with E-state index in [0.717, 1.165) is 0 Å². The Bertz CT molecular complexity index is 294. The quantitative estimate of drug-likeness (QED) is 0.512. The van der Waals surface area contributed by atoms with E-state index in [2.05, 4.69) is 11.7 Å². The molecule has 1 aromatic rings. The van der Waals surface area contributed by atoms with E-state index in [1.165, 1.54) is 12.1 Å². The van der Waals surface area contributed by atoms with Crippen LogP contribution in [0.15, 0.2) is 23.2 Å². The summed E-state index contributed by atoms with van der Waals surface area (Å²) in [5, 5.41) is 9.04. The Morgan fingerprint density at radius 1 is 1.55 bits per heavy atom. The van der Waals surface area contributed by atoms with Crippen molar-refractivity contribution < 1.29 is 9.90 Å². The summed E-state index contributed by atoms with van der Waals surface area (Å²) in [5.41, 5.74) is 0.805. The standard InChI is InChI=1S/C8H7NO2/c1-9-7-2-3-8(11)6(4-7)5-10/h2-5,11H,1H2. The summed E-state index contributed by atoms with van der Waals surface area (Å²) < 4.78 is 0. The van der Waals surface area contributed by atoms with E-state index in [0.29, 0.717) is 12.0 Å². The van der Waals surface area contributed by atoms with Crippen LogP contribution in [0.1, 0.15) is 10.4 Å². The van der Waals surface area contributed by atoms with Gasteiger partial charge in [-0.3, -0.25) is 9.79 Å². The van der Waals surface area contributed by atoms with Crippen molar-refractivity contribution in [2.24, 2.45) is 4.99 Å². The Balaban J connectivity index is 3.22. The van der Waals surface area contributed by atoms with Gasteiger partial charge in [0.15, 0.2) is 6.29 Å². The predicted octanol–water partition coefficient (Wildman–Crippen LogP) is 1.54. The fraction of sp³-hybridized carbons (Fsp3) is 0. The number of rotatable bonds is 2. The van der Waals surface area contributed by atoms with Crippen molar-refractivity contribution in [1.29, 1.82) is 0 Å². The number of aldehydes is 1. The molecule has 56 valence electrons. The predicted molar refractivity (Wildman–Crippen MR) is 42.7 cm³/mol. The van der Waals surface area contributed by atoms with Crippen molar-refractivity contribution in [1.82, 2.24) is 0 Å². The summed E-state index contributed by atoms with van der Waals surface area (Å²) in [4.78, 5) is 13.9. The van der Waals surface area contributed by atoms with E-state index < -0.39 is 0 Å². The molecule has 0 amide bonds. The highest BCUT2D eigenvalue weighted by molar-refractivity contribution is 5.80. The lowest BCUT2D eigenvalue weighted by molar-refractivity contribution is 0.112. The highest BCUT2D eigenvalue weighted by Crippen LogP contribution is 2.20. The van der Waals surface area contributed by atoms with Crippen molar-refractivity contribution in [3.05, 3.63) is 23.8 Å². The molecule has 0 fully saturated rings. The normalized spacial score (nSPS) is 9.09. The van der Waals surface area contributed by atoms with Crippen LogP contribution in [0.2, 0.25) is 0 Å².